The SMILES string of the molecule is C1CCCC1.Cc1c[c-]cc(P(c2c[c-]cc(C)c2)[C@H](C)C2CCCC2c2ccccc2P)c1.[Ar].[Ar].[Fe].[Re].[Re]. The summed E-state index contributed by atoms with van der Waals surface area (Å²) in [6, 6.07) is 29.1. The molecule has 5 rings (SSSR count). The maximum absolute atomic E-state index is 3.39. The first-order chi connectivity index (χ1) is 16.5. The fourth-order valence-corrected chi connectivity index (χ4v) is 9.44. The van der Waals surface area contributed by atoms with E-state index in [0.717, 1.165) is 0 Å². The van der Waals surface area contributed by atoms with E-state index in [1.165, 1.54) is 84.0 Å². The predicted molar refractivity (Wildman–Crippen MR) is 155 cm³/mol. The predicted octanol–water partition coefficient (Wildman–Crippen LogP) is 7.75. The summed E-state index contributed by atoms with van der Waals surface area (Å²) in [7, 11) is 2.52. The molecule has 0 saturated heterocycles. The van der Waals surface area contributed by atoms with Crippen LogP contribution in [0.25, 0.3) is 0 Å². The summed E-state index contributed by atoms with van der Waals surface area (Å²) in [6.07, 6.45) is 11.5. The van der Waals surface area contributed by atoms with Crippen molar-refractivity contribution in [1.29, 1.82) is 0 Å². The number of benzene rings is 3. The Balaban J connectivity index is 0. The molecular weight excluding hydrogens is 954 g/mol. The molecule has 2 aliphatic rings. The van der Waals surface area contributed by atoms with E-state index in [1.54, 1.807) is 0 Å². The molecule has 7 heteroatoms. The molecule has 0 bridgehead atoms. The monoisotopic (exact) mass is 996 g/mol. The smallest absolute Gasteiger partial charge is 0 e. The van der Waals surface area contributed by atoms with Gasteiger partial charge < -0.3 is 0 Å². The van der Waals surface area contributed by atoms with Crippen LogP contribution in [0.5, 0.6) is 0 Å². The molecule has 2 fully saturated rings. The largest absolute Gasteiger partial charge is 0.183 e. The average Bonchev–Trinajstić information content (AvgIpc) is 3.55. The van der Waals surface area contributed by atoms with Crippen LogP contribution in [0, 0.1) is 107 Å². The standard InChI is InChI=1S/C27H30P2.C5H10.2Ar.Fe.2Re/c1-19-9-6-11-22(17-19)29(23-12-7-10-20(2)18-23)21(3)24-14-8-15-25(24)26-13-4-5-16-27(26)28;1-2-4-5-3-1;;;;;/h4-5,9-13,16-18,21,24-25H,8,14-15,28H2,1-3H3;1-5H2;;;;;/q-2;;;;;;/t21-,24?,25?;;;;;;/m1....../s1. The van der Waals surface area contributed by atoms with E-state index in [4.69, 9.17) is 0 Å². The van der Waals surface area contributed by atoms with Crippen LogP contribution in [-0.2, 0) is 57.9 Å². The van der Waals surface area contributed by atoms with E-state index >= 15 is 0 Å². The second-order valence-electron chi connectivity index (χ2n) is 10.2. The number of aryl methyl sites for hydroxylation is 2. The Hall–Kier alpha value is 2.88. The van der Waals surface area contributed by atoms with Crippen LogP contribution in [0.3, 0.4) is 0 Å². The second-order valence-corrected chi connectivity index (χ2v) is 13.5. The van der Waals surface area contributed by atoms with Gasteiger partial charge in [-0.1, -0.05) is 83.6 Å². The van der Waals surface area contributed by atoms with Crippen molar-refractivity contribution in [1.82, 2.24) is 0 Å². The molecule has 0 N–H and O–H groups in total. The summed E-state index contributed by atoms with van der Waals surface area (Å²) in [6.45, 7) is 6.87. The molecule has 0 aromatic heterocycles. The van der Waals surface area contributed by atoms with Crippen LogP contribution in [0.1, 0.15) is 80.9 Å². The zero-order valence-corrected chi connectivity index (χ0v) is 33.0. The molecule has 0 aliphatic heterocycles. The minimum Gasteiger partial charge on any atom is -0.183 e. The fourth-order valence-electron chi connectivity index (χ4n) is 5.92. The van der Waals surface area contributed by atoms with Gasteiger partial charge in [-0.05, 0) is 41.2 Å². The van der Waals surface area contributed by atoms with Gasteiger partial charge in [0.1, 0.15) is 0 Å². The van der Waals surface area contributed by atoms with Crippen molar-refractivity contribution in [2.75, 3.05) is 0 Å². The van der Waals surface area contributed by atoms with Crippen molar-refractivity contribution in [3.8, 4) is 0 Å². The molecule has 2 saturated carbocycles. The van der Waals surface area contributed by atoms with Gasteiger partial charge in [-0.15, -0.1) is 19.8 Å². The number of rotatable bonds is 5. The van der Waals surface area contributed by atoms with Crippen LogP contribution in [0.4, 0.5) is 0 Å². The first-order valence-corrected chi connectivity index (χ1v) is 15.1. The van der Waals surface area contributed by atoms with Crippen molar-refractivity contribution < 1.29 is 133 Å². The Morgan fingerprint density at radius 2 is 1.26 bits per heavy atom. The molecule has 4 atom stereocenters. The molecule has 3 aromatic carbocycles. The maximum atomic E-state index is 3.39. The minimum atomic E-state index is -0.451. The molecule has 218 valence electrons. The van der Waals surface area contributed by atoms with Crippen LogP contribution in [-0.4, -0.2) is 5.66 Å². The maximum Gasteiger partial charge on any atom is 0 e. The van der Waals surface area contributed by atoms with Crippen molar-refractivity contribution in [2.24, 2.45) is 5.92 Å². The van der Waals surface area contributed by atoms with E-state index in [0.29, 0.717) is 17.5 Å². The molecule has 0 spiro atoms. The summed E-state index contributed by atoms with van der Waals surface area (Å²) in [5, 5.41) is 4.28. The van der Waals surface area contributed by atoms with Crippen molar-refractivity contribution >= 4 is 33.1 Å². The third-order valence-corrected chi connectivity index (χ3v) is 11.0. The van der Waals surface area contributed by atoms with E-state index in [9.17, 15) is 0 Å². The van der Waals surface area contributed by atoms with Gasteiger partial charge in [-0.25, -0.2) is 0 Å². The molecule has 3 unspecified atom stereocenters. The molecular formula is C32H40Ar2FeP2Re2-2. The van der Waals surface area contributed by atoms with Crippen molar-refractivity contribution in [2.45, 2.75) is 83.7 Å². The molecule has 2 radical (unpaired) electrons. The molecule has 0 heterocycles. The Kier molecular flexibility index (Phi) is 26.2. The topological polar surface area (TPSA) is 0 Å². The van der Waals surface area contributed by atoms with Crippen LogP contribution in [0.2, 0.25) is 0 Å². The van der Waals surface area contributed by atoms with E-state index in [1.807, 2.05) is 0 Å². The van der Waals surface area contributed by atoms with Crippen LogP contribution < -0.4 is 15.9 Å². The number of hydrogen-bond acceptors (Lipinski definition) is 0. The second kappa shape index (κ2) is 23.3. The zero-order chi connectivity index (χ0) is 23.9. The third-order valence-electron chi connectivity index (χ3n) is 7.63. The van der Waals surface area contributed by atoms with Gasteiger partial charge in [0.15, 0.2) is 0 Å². The number of hydrogen-bond donors (Lipinski definition) is 0. The Morgan fingerprint density at radius 1 is 0.769 bits per heavy atom. The van der Waals surface area contributed by atoms with Crippen molar-refractivity contribution in [3.05, 3.63) is 89.5 Å². The zero-order valence-electron chi connectivity index (χ0n) is 23.0. The first kappa shape index (κ1) is 44.0. The van der Waals surface area contributed by atoms with Crippen molar-refractivity contribution in [3.63, 3.8) is 0 Å². The van der Waals surface area contributed by atoms with E-state index < -0.39 is 7.92 Å². The van der Waals surface area contributed by atoms with Gasteiger partial charge >= 0.3 is 0 Å². The summed E-state index contributed by atoms with van der Waals surface area (Å²) in [5.41, 5.74) is 4.76. The van der Waals surface area contributed by atoms with Crippen LogP contribution in [0.15, 0.2) is 60.7 Å². The first-order valence-electron chi connectivity index (χ1n) is 13.1. The summed E-state index contributed by atoms with van der Waals surface area (Å²) in [5.74, 6) is 1.37. The van der Waals surface area contributed by atoms with Gasteiger partial charge in [0.2, 0.25) is 0 Å². The molecule has 3 aromatic rings. The fraction of sp³-hybridized carbons (Fsp3) is 0.438. The molecule has 39 heavy (non-hydrogen) atoms. The molecule has 0 nitrogen and oxygen atoms in total. The van der Waals surface area contributed by atoms with Gasteiger partial charge in [0.25, 0.3) is 0 Å². The Bertz CT molecular complexity index is 1030. The molecule has 0 amide bonds. The summed E-state index contributed by atoms with van der Waals surface area (Å²) in [4.78, 5) is 0. The average molecular weight is 995 g/mol. The van der Waals surface area contributed by atoms with Crippen LogP contribution >= 0.6 is 17.2 Å². The van der Waals surface area contributed by atoms with E-state index in [-0.39, 0.29) is 133 Å². The third kappa shape index (κ3) is 13.0. The van der Waals surface area contributed by atoms with Gasteiger partial charge in [0.05, 0.1) is 0 Å². The normalized spacial score (nSPS) is 18.1. The van der Waals surface area contributed by atoms with Gasteiger partial charge in [-0.3, -0.25) is 0 Å². The minimum absolute atomic E-state index is 0. The summed E-state index contributed by atoms with van der Waals surface area (Å²) >= 11 is 0. The summed E-state index contributed by atoms with van der Waals surface area (Å²) < 4.78 is 0. The van der Waals surface area contributed by atoms with Gasteiger partial charge in [-0.2, -0.15) is 67.6 Å². The molecule has 2 aliphatic carbocycles. The Morgan fingerprint density at radius 3 is 1.72 bits per heavy atom. The Labute approximate surface area is 340 Å². The van der Waals surface area contributed by atoms with E-state index in [2.05, 4.69) is 103 Å². The quantitative estimate of drug-likeness (QED) is 0.140. The van der Waals surface area contributed by atoms with Gasteiger partial charge in [0, 0.05) is 133 Å².